The van der Waals surface area contributed by atoms with Crippen molar-refractivity contribution in [2.45, 2.75) is 26.3 Å². The van der Waals surface area contributed by atoms with Crippen LogP contribution in [0.3, 0.4) is 0 Å². The predicted molar refractivity (Wildman–Crippen MR) is 70.1 cm³/mol. The van der Waals surface area contributed by atoms with Gasteiger partial charge in [-0.15, -0.1) is 11.3 Å². The first-order valence-electron chi connectivity index (χ1n) is 5.56. The van der Waals surface area contributed by atoms with Crippen LogP contribution in [0.25, 0.3) is 10.2 Å². The van der Waals surface area contributed by atoms with E-state index in [4.69, 9.17) is 5.26 Å². The minimum Gasteiger partial charge on any atom is -0.352 e. The van der Waals surface area contributed by atoms with Crippen molar-refractivity contribution in [1.82, 2.24) is 9.97 Å². The summed E-state index contributed by atoms with van der Waals surface area (Å²) in [6.45, 7) is 4.93. The van der Waals surface area contributed by atoms with Gasteiger partial charge < -0.3 is 4.90 Å². The highest BCUT2D eigenvalue weighted by molar-refractivity contribution is 7.17. The lowest BCUT2D eigenvalue weighted by molar-refractivity contribution is 0.679. The minimum atomic E-state index is 0.323. The summed E-state index contributed by atoms with van der Waals surface area (Å²) in [5, 5.41) is 10.7. The molecular formula is C12H14N4S. The third-order valence-corrected chi connectivity index (χ3v) is 3.48. The Morgan fingerprint density at radius 1 is 1.47 bits per heavy atom. The summed E-state index contributed by atoms with van der Waals surface area (Å²) in [6, 6.07) is 4.50. The molecule has 0 amide bonds. The van der Waals surface area contributed by atoms with Crippen LogP contribution in [0.1, 0.15) is 20.3 Å². The number of thiophene rings is 1. The SMILES string of the molecule is CC(C)N(CCC#N)c1ncnc2ccsc12. The lowest BCUT2D eigenvalue weighted by Crippen LogP contribution is -2.32. The maximum absolute atomic E-state index is 8.71. The second-order valence-corrected chi connectivity index (χ2v) is 4.94. The standard InChI is InChI=1S/C12H14N4S/c1-9(2)16(6-3-5-13)12-11-10(4-7-17-11)14-8-15-12/h4,7-9H,3,6H2,1-2H3. The highest BCUT2D eigenvalue weighted by Crippen LogP contribution is 2.28. The Hall–Kier alpha value is -1.67. The van der Waals surface area contributed by atoms with Crippen molar-refractivity contribution in [3.8, 4) is 6.07 Å². The summed E-state index contributed by atoms with van der Waals surface area (Å²) < 4.78 is 1.10. The third-order valence-electron chi connectivity index (χ3n) is 2.58. The van der Waals surface area contributed by atoms with Gasteiger partial charge >= 0.3 is 0 Å². The predicted octanol–water partition coefficient (Wildman–Crippen LogP) is 2.82. The molecule has 0 aliphatic carbocycles. The van der Waals surface area contributed by atoms with Crippen LogP contribution in [0.4, 0.5) is 5.82 Å². The van der Waals surface area contributed by atoms with E-state index in [1.165, 1.54) is 0 Å². The molecular weight excluding hydrogens is 232 g/mol. The van der Waals surface area contributed by atoms with Crippen LogP contribution in [0, 0.1) is 11.3 Å². The van der Waals surface area contributed by atoms with Crippen LogP contribution in [0.15, 0.2) is 17.8 Å². The van der Waals surface area contributed by atoms with Gasteiger partial charge in [-0.25, -0.2) is 9.97 Å². The van der Waals surface area contributed by atoms with Crippen molar-refractivity contribution in [2.75, 3.05) is 11.4 Å². The second-order valence-electron chi connectivity index (χ2n) is 4.03. The smallest absolute Gasteiger partial charge is 0.150 e. The molecule has 0 N–H and O–H groups in total. The summed E-state index contributed by atoms with van der Waals surface area (Å²) in [5.74, 6) is 0.940. The van der Waals surface area contributed by atoms with Crippen molar-refractivity contribution in [1.29, 1.82) is 5.26 Å². The molecule has 0 saturated heterocycles. The van der Waals surface area contributed by atoms with Gasteiger partial charge in [0.1, 0.15) is 12.1 Å². The number of anilines is 1. The van der Waals surface area contributed by atoms with E-state index in [9.17, 15) is 0 Å². The Morgan fingerprint density at radius 3 is 3.00 bits per heavy atom. The van der Waals surface area contributed by atoms with Gasteiger partial charge in [0.25, 0.3) is 0 Å². The monoisotopic (exact) mass is 246 g/mol. The number of nitrogens with zero attached hydrogens (tertiary/aromatic N) is 4. The van der Waals surface area contributed by atoms with E-state index in [2.05, 4.69) is 34.8 Å². The lowest BCUT2D eigenvalue weighted by atomic mass is 10.2. The van der Waals surface area contributed by atoms with Crippen LogP contribution in [-0.4, -0.2) is 22.6 Å². The highest BCUT2D eigenvalue weighted by Gasteiger charge is 2.15. The van der Waals surface area contributed by atoms with Crippen LogP contribution < -0.4 is 4.90 Å². The highest BCUT2D eigenvalue weighted by atomic mass is 32.1. The quantitative estimate of drug-likeness (QED) is 0.832. The Balaban J connectivity index is 2.41. The number of fused-ring (bicyclic) bond motifs is 1. The van der Waals surface area contributed by atoms with E-state index in [1.54, 1.807) is 17.7 Å². The molecule has 2 rings (SSSR count). The molecule has 0 bridgehead atoms. The van der Waals surface area contributed by atoms with Crippen LogP contribution >= 0.6 is 11.3 Å². The first-order valence-corrected chi connectivity index (χ1v) is 6.43. The van der Waals surface area contributed by atoms with Gasteiger partial charge in [-0.1, -0.05) is 0 Å². The van der Waals surface area contributed by atoms with Crippen molar-refractivity contribution < 1.29 is 0 Å². The largest absolute Gasteiger partial charge is 0.352 e. The average Bonchev–Trinajstić information content (AvgIpc) is 2.77. The Bertz CT molecular complexity index is 541. The molecule has 0 aromatic carbocycles. The number of hydrogen-bond donors (Lipinski definition) is 0. The molecule has 88 valence electrons. The molecule has 2 aromatic heterocycles. The summed E-state index contributed by atoms with van der Waals surface area (Å²) in [7, 11) is 0. The zero-order chi connectivity index (χ0) is 12.3. The fourth-order valence-electron chi connectivity index (χ4n) is 1.76. The van der Waals surface area contributed by atoms with Crippen molar-refractivity contribution in [3.05, 3.63) is 17.8 Å². The molecule has 2 heterocycles. The zero-order valence-electron chi connectivity index (χ0n) is 9.92. The first-order chi connectivity index (χ1) is 8.24. The van der Waals surface area contributed by atoms with Gasteiger partial charge in [0.15, 0.2) is 0 Å². The Morgan fingerprint density at radius 2 is 2.29 bits per heavy atom. The van der Waals surface area contributed by atoms with E-state index >= 15 is 0 Å². The number of rotatable bonds is 4. The molecule has 0 unspecified atom stereocenters. The molecule has 0 aliphatic heterocycles. The first kappa shape index (κ1) is 11.8. The molecule has 0 atom stereocenters. The molecule has 0 aliphatic rings. The molecule has 0 spiro atoms. The molecule has 17 heavy (non-hydrogen) atoms. The van der Waals surface area contributed by atoms with E-state index in [1.807, 2.05) is 11.4 Å². The van der Waals surface area contributed by atoms with E-state index < -0.39 is 0 Å². The number of hydrogen-bond acceptors (Lipinski definition) is 5. The van der Waals surface area contributed by atoms with Crippen molar-refractivity contribution in [3.63, 3.8) is 0 Å². The van der Waals surface area contributed by atoms with Gasteiger partial charge in [0.2, 0.25) is 0 Å². The Labute approximate surface area is 105 Å². The second kappa shape index (κ2) is 5.11. The fraction of sp³-hybridized carbons (Fsp3) is 0.417. The summed E-state index contributed by atoms with van der Waals surface area (Å²) in [4.78, 5) is 10.8. The molecule has 5 heteroatoms. The van der Waals surface area contributed by atoms with E-state index in [0.29, 0.717) is 19.0 Å². The van der Waals surface area contributed by atoms with Gasteiger partial charge in [0.05, 0.1) is 22.7 Å². The Kier molecular flexibility index (Phi) is 3.55. The minimum absolute atomic E-state index is 0.323. The molecule has 0 fully saturated rings. The summed E-state index contributed by atoms with van der Waals surface area (Å²) >= 11 is 1.64. The normalized spacial score (nSPS) is 10.7. The van der Waals surface area contributed by atoms with Crippen LogP contribution in [0.2, 0.25) is 0 Å². The third kappa shape index (κ3) is 2.37. The summed E-state index contributed by atoms with van der Waals surface area (Å²) in [6.07, 6.45) is 2.10. The van der Waals surface area contributed by atoms with Gasteiger partial charge in [-0.2, -0.15) is 5.26 Å². The lowest BCUT2D eigenvalue weighted by Gasteiger charge is -2.27. The molecule has 0 radical (unpaired) electrons. The van der Waals surface area contributed by atoms with Crippen LogP contribution in [-0.2, 0) is 0 Å². The van der Waals surface area contributed by atoms with E-state index in [0.717, 1.165) is 16.0 Å². The summed E-state index contributed by atoms with van der Waals surface area (Å²) in [5.41, 5.74) is 0.975. The van der Waals surface area contributed by atoms with Gasteiger partial charge in [-0.3, -0.25) is 0 Å². The van der Waals surface area contributed by atoms with Gasteiger partial charge in [-0.05, 0) is 25.3 Å². The van der Waals surface area contributed by atoms with Crippen molar-refractivity contribution in [2.24, 2.45) is 0 Å². The number of aromatic nitrogens is 2. The maximum atomic E-state index is 8.71. The average molecular weight is 246 g/mol. The molecule has 2 aromatic rings. The maximum Gasteiger partial charge on any atom is 0.150 e. The molecule has 4 nitrogen and oxygen atoms in total. The fourth-order valence-corrected chi connectivity index (χ4v) is 2.61. The topological polar surface area (TPSA) is 52.8 Å². The van der Waals surface area contributed by atoms with E-state index in [-0.39, 0.29) is 0 Å². The van der Waals surface area contributed by atoms with Gasteiger partial charge in [0, 0.05) is 12.6 Å². The van der Waals surface area contributed by atoms with Crippen molar-refractivity contribution >= 4 is 27.4 Å². The molecule has 0 saturated carbocycles. The van der Waals surface area contributed by atoms with Crippen LogP contribution in [0.5, 0.6) is 0 Å². The number of nitriles is 1. The zero-order valence-corrected chi connectivity index (χ0v) is 10.7.